The molecule has 1 aliphatic heterocycles. The number of Topliss-reactive ketones (excluding diaryl/α,β-unsaturated/α-hetero) is 3. The number of fused-ring (bicyclic) bond motifs is 3. The Balaban J connectivity index is 2.39. The molecule has 194 valence electrons. The summed E-state index contributed by atoms with van der Waals surface area (Å²) in [7, 11) is 0. The first kappa shape index (κ1) is 27.6. The average Bonchev–Trinajstić information content (AvgIpc) is 3.18. The molecule has 1 heterocycles. The minimum Gasteiger partial charge on any atom is -0.489 e. The molecule has 2 bridgehead atoms. The first-order valence-corrected chi connectivity index (χ1v) is 13.0. The second-order valence-electron chi connectivity index (χ2n) is 12.9. The molecule has 0 radical (unpaired) electrons. The molecule has 1 saturated carbocycles. The smallest absolute Gasteiger partial charge is 0.176 e. The minimum atomic E-state index is -1.50. The molecule has 0 aromatic heterocycles. The second-order valence-corrected chi connectivity index (χ2v) is 12.9. The molecule has 3 aliphatic rings. The summed E-state index contributed by atoms with van der Waals surface area (Å²) in [5.74, 6) is -0.967. The van der Waals surface area contributed by atoms with Gasteiger partial charge in [0.1, 0.15) is 22.7 Å². The lowest BCUT2D eigenvalue weighted by atomic mass is 9.39. The van der Waals surface area contributed by atoms with Crippen molar-refractivity contribution in [2.75, 3.05) is 0 Å². The maximum absolute atomic E-state index is 14.8. The molecule has 2 aliphatic carbocycles. The first-order chi connectivity index (χ1) is 15.9. The monoisotopic (exact) mass is 484 g/mol. The predicted molar refractivity (Wildman–Crippen MR) is 138 cm³/mol. The molecule has 0 spiro atoms. The van der Waals surface area contributed by atoms with Crippen molar-refractivity contribution >= 4 is 17.3 Å². The summed E-state index contributed by atoms with van der Waals surface area (Å²) < 4.78 is 6.28. The highest BCUT2D eigenvalue weighted by molar-refractivity contribution is 6.27. The van der Waals surface area contributed by atoms with Gasteiger partial charge in [-0.1, -0.05) is 51.0 Å². The van der Waals surface area contributed by atoms with Gasteiger partial charge in [-0.25, -0.2) is 0 Å². The van der Waals surface area contributed by atoms with Crippen molar-refractivity contribution in [3.8, 4) is 0 Å². The molecular weight excluding hydrogens is 440 g/mol. The lowest BCUT2D eigenvalue weighted by molar-refractivity contribution is -0.176. The van der Waals surface area contributed by atoms with Crippen molar-refractivity contribution in [2.24, 2.45) is 28.1 Å². The van der Waals surface area contributed by atoms with Gasteiger partial charge in [-0.15, -0.1) is 0 Å². The summed E-state index contributed by atoms with van der Waals surface area (Å²) in [6, 6.07) is 0. The van der Waals surface area contributed by atoms with Crippen LogP contribution in [0.3, 0.4) is 0 Å². The molecule has 0 unspecified atom stereocenters. The molecule has 0 aromatic carbocycles. The third-order valence-corrected chi connectivity index (χ3v) is 8.78. The van der Waals surface area contributed by atoms with E-state index in [9.17, 15) is 19.5 Å². The SMILES string of the molecule is CC(C)=CC[C@H]1C[C@]2(C(=O)C(C)C)C(=O)[C@@](CC=C(C)C)(C(=O)C3=C2O[C@H](C(C)(C)O)C3)C1(C)C. The van der Waals surface area contributed by atoms with Crippen molar-refractivity contribution in [3.63, 3.8) is 0 Å². The highest BCUT2D eigenvalue weighted by atomic mass is 16.5. The second kappa shape index (κ2) is 8.83. The predicted octanol–water partition coefficient (Wildman–Crippen LogP) is 5.91. The van der Waals surface area contributed by atoms with Crippen LogP contribution in [0.1, 0.15) is 94.9 Å². The van der Waals surface area contributed by atoms with Gasteiger partial charge in [-0.3, -0.25) is 14.4 Å². The van der Waals surface area contributed by atoms with E-state index in [2.05, 4.69) is 6.08 Å². The van der Waals surface area contributed by atoms with Crippen molar-refractivity contribution in [1.29, 1.82) is 0 Å². The normalized spacial score (nSPS) is 31.8. The highest BCUT2D eigenvalue weighted by Gasteiger charge is 2.75. The number of carbonyl (C=O) groups excluding carboxylic acids is 3. The molecule has 5 heteroatoms. The van der Waals surface area contributed by atoms with E-state index in [-0.39, 0.29) is 41.9 Å². The van der Waals surface area contributed by atoms with Crippen LogP contribution in [0, 0.1) is 28.1 Å². The largest absolute Gasteiger partial charge is 0.489 e. The van der Waals surface area contributed by atoms with Crippen LogP contribution in [-0.2, 0) is 19.1 Å². The molecule has 5 nitrogen and oxygen atoms in total. The molecule has 1 N–H and O–H groups in total. The Labute approximate surface area is 211 Å². The maximum Gasteiger partial charge on any atom is 0.176 e. The van der Waals surface area contributed by atoms with Crippen molar-refractivity contribution < 1.29 is 24.2 Å². The van der Waals surface area contributed by atoms with Gasteiger partial charge in [0.05, 0.1) is 5.60 Å². The number of hydrogen-bond donors (Lipinski definition) is 1. The zero-order valence-corrected chi connectivity index (χ0v) is 23.3. The Bertz CT molecular complexity index is 1020. The fourth-order valence-corrected chi connectivity index (χ4v) is 6.43. The molecule has 0 aromatic rings. The van der Waals surface area contributed by atoms with Crippen LogP contribution >= 0.6 is 0 Å². The zero-order chi connectivity index (χ0) is 26.7. The summed E-state index contributed by atoms with van der Waals surface area (Å²) in [6.07, 6.45) is 4.92. The standard InChI is InChI=1S/C30H44O5/c1-17(2)11-12-20-16-29(23(31)19(5)6)25-21(15-22(35-25)28(9,10)34)24(32)30(26(29)33,27(20,7)8)14-13-18(3)4/h11,13,19-20,22,34H,12,14-16H2,1-10H3/t20-,22-,29+,30+/m0/s1. The third kappa shape index (κ3) is 3.98. The number of hydrogen-bond acceptors (Lipinski definition) is 5. The van der Waals surface area contributed by atoms with Gasteiger partial charge in [0.15, 0.2) is 17.3 Å². The Morgan fingerprint density at radius 3 is 2.17 bits per heavy atom. The lowest BCUT2D eigenvalue weighted by Crippen LogP contribution is -2.68. The summed E-state index contributed by atoms with van der Waals surface area (Å²) >= 11 is 0. The molecule has 4 atom stereocenters. The van der Waals surface area contributed by atoms with Crippen LogP contribution in [0.4, 0.5) is 0 Å². The molecule has 3 rings (SSSR count). The number of aliphatic hydroxyl groups is 1. The van der Waals surface area contributed by atoms with E-state index in [1.165, 1.54) is 0 Å². The third-order valence-electron chi connectivity index (χ3n) is 8.78. The van der Waals surface area contributed by atoms with E-state index in [1.54, 1.807) is 13.8 Å². The van der Waals surface area contributed by atoms with Gasteiger partial charge in [-0.2, -0.15) is 0 Å². The highest BCUT2D eigenvalue weighted by Crippen LogP contribution is 2.67. The average molecular weight is 485 g/mol. The van der Waals surface area contributed by atoms with Crippen LogP contribution in [-0.4, -0.2) is 34.2 Å². The topological polar surface area (TPSA) is 80.7 Å². The molecule has 0 amide bonds. The quantitative estimate of drug-likeness (QED) is 0.359. The summed E-state index contributed by atoms with van der Waals surface area (Å²) in [5.41, 5.74) is -2.13. The molecule has 0 saturated heterocycles. The Morgan fingerprint density at radius 1 is 1.11 bits per heavy atom. The van der Waals surface area contributed by atoms with Gasteiger partial charge in [0.25, 0.3) is 0 Å². The number of ketones is 3. The van der Waals surface area contributed by atoms with Crippen LogP contribution in [0.5, 0.6) is 0 Å². The van der Waals surface area contributed by atoms with Gasteiger partial charge >= 0.3 is 0 Å². The van der Waals surface area contributed by atoms with E-state index in [0.717, 1.165) is 11.1 Å². The van der Waals surface area contributed by atoms with Crippen LogP contribution in [0.2, 0.25) is 0 Å². The van der Waals surface area contributed by atoms with E-state index >= 15 is 0 Å². The van der Waals surface area contributed by atoms with E-state index in [0.29, 0.717) is 18.4 Å². The van der Waals surface area contributed by atoms with Crippen molar-refractivity contribution in [2.45, 2.75) is 107 Å². The molecule has 35 heavy (non-hydrogen) atoms. The Kier molecular flexibility index (Phi) is 6.96. The Morgan fingerprint density at radius 2 is 1.69 bits per heavy atom. The summed E-state index contributed by atoms with van der Waals surface area (Å²) in [6.45, 7) is 19.0. The van der Waals surface area contributed by atoms with Crippen molar-refractivity contribution in [3.05, 3.63) is 34.6 Å². The van der Waals surface area contributed by atoms with Gasteiger partial charge in [-0.05, 0) is 72.1 Å². The fourth-order valence-electron chi connectivity index (χ4n) is 6.43. The van der Waals surface area contributed by atoms with E-state index in [1.807, 2.05) is 61.5 Å². The number of carbonyl (C=O) groups is 3. The summed E-state index contributed by atoms with van der Waals surface area (Å²) in [5, 5.41) is 10.8. The molecular formula is C30H44O5. The van der Waals surface area contributed by atoms with Crippen molar-refractivity contribution in [1.82, 2.24) is 0 Å². The number of ether oxygens (including phenoxy) is 1. The number of allylic oxidation sites excluding steroid dienone is 5. The summed E-state index contributed by atoms with van der Waals surface area (Å²) in [4.78, 5) is 43.3. The lowest BCUT2D eigenvalue weighted by Gasteiger charge is -2.60. The molecule has 1 fully saturated rings. The van der Waals surface area contributed by atoms with E-state index in [4.69, 9.17) is 4.74 Å². The number of rotatable bonds is 7. The first-order valence-electron chi connectivity index (χ1n) is 13.0. The van der Waals surface area contributed by atoms with Gasteiger partial charge in [0.2, 0.25) is 0 Å². The van der Waals surface area contributed by atoms with Gasteiger partial charge < -0.3 is 9.84 Å². The van der Waals surface area contributed by atoms with Crippen LogP contribution in [0.15, 0.2) is 34.6 Å². The minimum absolute atomic E-state index is 0.0776. The fraction of sp³-hybridized carbons (Fsp3) is 0.700. The van der Waals surface area contributed by atoms with Crippen LogP contribution in [0.25, 0.3) is 0 Å². The van der Waals surface area contributed by atoms with Crippen LogP contribution < -0.4 is 0 Å². The maximum atomic E-state index is 14.8. The Hall–Kier alpha value is -2.01. The van der Waals surface area contributed by atoms with Gasteiger partial charge in [0, 0.05) is 17.9 Å². The van der Waals surface area contributed by atoms with E-state index < -0.39 is 33.9 Å². The zero-order valence-electron chi connectivity index (χ0n) is 23.3.